The average Bonchev–Trinajstić information content (AvgIpc) is 2.46. The van der Waals surface area contributed by atoms with Crippen LogP contribution in [-0.2, 0) is 16.1 Å². The van der Waals surface area contributed by atoms with Gasteiger partial charge in [0.2, 0.25) is 5.91 Å². The average molecular weight is 260 g/mol. The Balaban J connectivity index is 1.93. The molecule has 2 rings (SSSR count). The molecule has 4 nitrogen and oxygen atoms in total. The molecule has 0 saturated heterocycles. The van der Waals surface area contributed by atoms with Crippen LogP contribution < -0.4 is 10.4 Å². The summed E-state index contributed by atoms with van der Waals surface area (Å²) in [6.07, 6.45) is 2.96. The normalized spacial score (nSPS) is 22.7. The number of carboxylic acids is 1. The van der Waals surface area contributed by atoms with E-state index in [0.29, 0.717) is 19.4 Å². The maximum atomic E-state index is 12.1. The highest BCUT2D eigenvalue weighted by molar-refractivity contribution is 5.84. The largest absolute Gasteiger partial charge is 0.550 e. The lowest BCUT2D eigenvalue weighted by molar-refractivity contribution is -0.314. The number of aliphatic carboxylic acids is 1. The van der Waals surface area contributed by atoms with Crippen LogP contribution in [0.1, 0.15) is 31.2 Å². The Bertz CT molecular complexity index is 444. The van der Waals surface area contributed by atoms with Gasteiger partial charge in [0.1, 0.15) is 0 Å². The zero-order valence-corrected chi connectivity index (χ0v) is 10.8. The van der Waals surface area contributed by atoms with Crippen LogP contribution in [0.3, 0.4) is 0 Å². The SMILES string of the molecule is O=C([O-])[C@H]1CCCC[C@H]1C(=O)NCc1ccccc1. The van der Waals surface area contributed by atoms with Gasteiger partial charge in [-0.3, -0.25) is 4.79 Å². The predicted octanol–water partition coefficient (Wildman–Crippen LogP) is 0.859. The molecule has 102 valence electrons. The molecule has 1 amide bonds. The summed E-state index contributed by atoms with van der Waals surface area (Å²) >= 11 is 0. The number of carbonyl (C=O) groups excluding carboxylic acids is 2. The maximum absolute atomic E-state index is 12.1. The van der Waals surface area contributed by atoms with Gasteiger partial charge >= 0.3 is 0 Å². The number of amides is 1. The number of hydrogen-bond acceptors (Lipinski definition) is 3. The summed E-state index contributed by atoms with van der Waals surface area (Å²) < 4.78 is 0. The second-order valence-corrected chi connectivity index (χ2v) is 5.02. The van der Waals surface area contributed by atoms with Crippen LogP contribution in [0.5, 0.6) is 0 Å². The first-order valence-corrected chi connectivity index (χ1v) is 6.71. The van der Waals surface area contributed by atoms with Crippen molar-refractivity contribution in [3.63, 3.8) is 0 Å². The highest BCUT2D eigenvalue weighted by Gasteiger charge is 2.31. The van der Waals surface area contributed by atoms with Crippen molar-refractivity contribution in [2.24, 2.45) is 11.8 Å². The number of hydrogen-bond donors (Lipinski definition) is 1. The molecule has 1 aliphatic carbocycles. The van der Waals surface area contributed by atoms with E-state index in [1.54, 1.807) is 0 Å². The Morgan fingerprint density at radius 1 is 1.11 bits per heavy atom. The van der Waals surface area contributed by atoms with Gasteiger partial charge in [0.25, 0.3) is 0 Å². The summed E-state index contributed by atoms with van der Waals surface area (Å²) in [5.74, 6) is -2.34. The Labute approximate surface area is 112 Å². The summed E-state index contributed by atoms with van der Waals surface area (Å²) in [6.45, 7) is 0.440. The first kappa shape index (κ1) is 13.6. The predicted molar refractivity (Wildman–Crippen MR) is 68.7 cm³/mol. The Kier molecular flexibility index (Phi) is 4.55. The molecule has 0 heterocycles. The Morgan fingerprint density at radius 2 is 1.74 bits per heavy atom. The first-order chi connectivity index (χ1) is 9.18. The Morgan fingerprint density at radius 3 is 2.37 bits per heavy atom. The summed E-state index contributed by atoms with van der Waals surface area (Å²) in [5.41, 5.74) is 1.01. The minimum atomic E-state index is -1.10. The van der Waals surface area contributed by atoms with Crippen molar-refractivity contribution < 1.29 is 14.7 Å². The first-order valence-electron chi connectivity index (χ1n) is 6.71. The lowest BCUT2D eigenvalue weighted by atomic mass is 9.78. The molecule has 0 aliphatic heterocycles. The van der Waals surface area contributed by atoms with E-state index in [4.69, 9.17) is 0 Å². The van der Waals surface area contributed by atoms with Gasteiger partial charge in [0, 0.05) is 24.3 Å². The lowest BCUT2D eigenvalue weighted by Crippen LogP contribution is -2.44. The highest BCUT2D eigenvalue weighted by Crippen LogP contribution is 2.29. The molecule has 0 aromatic heterocycles. The van der Waals surface area contributed by atoms with Gasteiger partial charge in [-0.15, -0.1) is 0 Å². The number of rotatable bonds is 4. The van der Waals surface area contributed by atoms with Gasteiger partial charge in [0.05, 0.1) is 0 Å². The van der Waals surface area contributed by atoms with Gasteiger partial charge in [-0.05, 0) is 18.4 Å². The van der Waals surface area contributed by atoms with Gasteiger partial charge in [-0.25, -0.2) is 0 Å². The second kappa shape index (κ2) is 6.36. The van der Waals surface area contributed by atoms with Crippen molar-refractivity contribution in [1.29, 1.82) is 0 Å². The molecule has 19 heavy (non-hydrogen) atoms. The number of benzene rings is 1. The van der Waals surface area contributed by atoms with Crippen molar-refractivity contribution in [2.45, 2.75) is 32.2 Å². The fourth-order valence-corrected chi connectivity index (χ4v) is 2.64. The molecule has 1 aromatic rings. The third kappa shape index (κ3) is 3.56. The minimum Gasteiger partial charge on any atom is -0.550 e. The van der Waals surface area contributed by atoms with E-state index in [-0.39, 0.29) is 5.91 Å². The number of nitrogens with one attached hydrogen (secondary N) is 1. The molecule has 2 atom stereocenters. The maximum Gasteiger partial charge on any atom is 0.224 e. The minimum absolute atomic E-state index is 0.169. The molecule has 1 N–H and O–H groups in total. The summed E-state index contributed by atoms with van der Waals surface area (Å²) in [5, 5.41) is 13.9. The van der Waals surface area contributed by atoms with Crippen LogP contribution in [0, 0.1) is 11.8 Å². The van der Waals surface area contributed by atoms with Crippen LogP contribution in [-0.4, -0.2) is 11.9 Å². The van der Waals surface area contributed by atoms with Gasteiger partial charge < -0.3 is 15.2 Å². The van der Waals surface area contributed by atoms with Crippen LogP contribution in [0.25, 0.3) is 0 Å². The van der Waals surface area contributed by atoms with Crippen molar-refractivity contribution in [2.75, 3.05) is 0 Å². The van der Waals surface area contributed by atoms with E-state index < -0.39 is 17.8 Å². The zero-order chi connectivity index (χ0) is 13.7. The van der Waals surface area contributed by atoms with Crippen molar-refractivity contribution in [3.05, 3.63) is 35.9 Å². The van der Waals surface area contributed by atoms with E-state index in [0.717, 1.165) is 18.4 Å². The third-order valence-corrected chi connectivity index (χ3v) is 3.72. The van der Waals surface area contributed by atoms with E-state index >= 15 is 0 Å². The van der Waals surface area contributed by atoms with E-state index in [2.05, 4.69) is 5.32 Å². The monoisotopic (exact) mass is 260 g/mol. The van der Waals surface area contributed by atoms with Crippen LogP contribution in [0.2, 0.25) is 0 Å². The van der Waals surface area contributed by atoms with Gasteiger partial charge in [-0.1, -0.05) is 43.2 Å². The fraction of sp³-hybridized carbons (Fsp3) is 0.467. The molecule has 1 fully saturated rings. The highest BCUT2D eigenvalue weighted by atomic mass is 16.4. The number of carboxylic acid groups (broad SMARTS) is 1. The topological polar surface area (TPSA) is 69.2 Å². The summed E-state index contributed by atoms with van der Waals surface area (Å²) in [7, 11) is 0. The summed E-state index contributed by atoms with van der Waals surface area (Å²) in [6, 6.07) is 9.59. The third-order valence-electron chi connectivity index (χ3n) is 3.72. The molecule has 0 bridgehead atoms. The zero-order valence-electron chi connectivity index (χ0n) is 10.8. The molecule has 0 spiro atoms. The van der Waals surface area contributed by atoms with Crippen LogP contribution in [0.4, 0.5) is 0 Å². The summed E-state index contributed by atoms with van der Waals surface area (Å²) in [4.78, 5) is 23.1. The second-order valence-electron chi connectivity index (χ2n) is 5.02. The van der Waals surface area contributed by atoms with Crippen molar-refractivity contribution in [3.8, 4) is 0 Å². The molecule has 0 radical (unpaired) electrons. The van der Waals surface area contributed by atoms with Crippen LogP contribution in [0.15, 0.2) is 30.3 Å². The molecule has 0 unspecified atom stereocenters. The fourth-order valence-electron chi connectivity index (χ4n) is 2.64. The molecule has 1 saturated carbocycles. The Hall–Kier alpha value is -1.84. The molecule has 4 heteroatoms. The lowest BCUT2D eigenvalue weighted by Gasteiger charge is -2.31. The van der Waals surface area contributed by atoms with Crippen LogP contribution >= 0.6 is 0 Å². The smallest absolute Gasteiger partial charge is 0.224 e. The molecule has 1 aromatic carbocycles. The van der Waals surface area contributed by atoms with Crippen molar-refractivity contribution in [1.82, 2.24) is 5.32 Å². The van der Waals surface area contributed by atoms with Gasteiger partial charge in [0.15, 0.2) is 0 Å². The molecule has 1 aliphatic rings. The number of carbonyl (C=O) groups is 2. The quantitative estimate of drug-likeness (QED) is 0.873. The van der Waals surface area contributed by atoms with E-state index in [1.165, 1.54) is 0 Å². The van der Waals surface area contributed by atoms with E-state index in [9.17, 15) is 14.7 Å². The standard InChI is InChI=1S/C15H19NO3/c17-14(16-10-11-6-2-1-3-7-11)12-8-4-5-9-13(12)15(18)19/h1-3,6-7,12-13H,4-5,8-10H2,(H,16,17)(H,18,19)/p-1/t12-,13+/m1/s1. The van der Waals surface area contributed by atoms with E-state index in [1.807, 2.05) is 30.3 Å². The van der Waals surface area contributed by atoms with Gasteiger partial charge in [-0.2, -0.15) is 0 Å². The molecular formula is C15H18NO3-. The van der Waals surface area contributed by atoms with Crippen molar-refractivity contribution >= 4 is 11.9 Å². The molecular weight excluding hydrogens is 242 g/mol.